The Hall–Kier alpha value is -1.58. The van der Waals surface area contributed by atoms with Crippen molar-refractivity contribution < 1.29 is 9.53 Å². The van der Waals surface area contributed by atoms with Crippen LogP contribution in [0.3, 0.4) is 0 Å². The molecule has 20 heavy (non-hydrogen) atoms. The first kappa shape index (κ1) is 13.4. The van der Waals surface area contributed by atoms with Gasteiger partial charge in [-0.25, -0.2) is 9.78 Å². The highest BCUT2D eigenvalue weighted by Gasteiger charge is 2.39. The van der Waals surface area contributed by atoms with E-state index in [1.165, 1.54) is 32.8 Å². The number of aromatic nitrogens is 1. The van der Waals surface area contributed by atoms with Gasteiger partial charge in [0.2, 0.25) is 0 Å². The van der Waals surface area contributed by atoms with Gasteiger partial charge in [0.15, 0.2) is 0 Å². The molecule has 3 unspecified atom stereocenters. The van der Waals surface area contributed by atoms with Crippen molar-refractivity contribution in [3.05, 3.63) is 23.4 Å². The fourth-order valence-corrected chi connectivity index (χ4v) is 3.85. The van der Waals surface area contributed by atoms with Gasteiger partial charge in [-0.15, -0.1) is 0 Å². The van der Waals surface area contributed by atoms with Gasteiger partial charge in [-0.2, -0.15) is 0 Å². The Morgan fingerprint density at radius 3 is 2.85 bits per heavy atom. The maximum Gasteiger partial charge on any atom is 0.339 e. The number of pyridine rings is 1. The number of ether oxygens (including phenoxy) is 1. The van der Waals surface area contributed by atoms with Crippen LogP contribution in [0, 0.1) is 24.7 Å². The fraction of sp³-hybridized carbons (Fsp3) is 0.625. The first-order valence-corrected chi connectivity index (χ1v) is 7.47. The summed E-state index contributed by atoms with van der Waals surface area (Å²) in [4.78, 5) is 16.0. The van der Waals surface area contributed by atoms with Crippen LogP contribution in [-0.2, 0) is 4.74 Å². The summed E-state index contributed by atoms with van der Waals surface area (Å²) in [6.45, 7) is 2.85. The maximum atomic E-state index is 11.5. The van der Waals surface area contributed by atoms with E-state index in [-0.39, 0.29) is 5.97 Å². The number of carbonyl (C=O) groups excluding carboxylic acids is 1. The van der Waals surface area contributed by atoms with E-state index in [1.54, 1.807) is 6.07 Å². The third-order valence-electron chi connectivity index (χ3n) is 4.92. The van der Waals surface area contributed by atoms with Gasteiger partial charge in [-0.1, -0.05) is 6.42 Å². The summed E-state index contributed by atoms with van der Waals surface area (Å²) < 4.78 is 4.73. The highest BCUT2D eigenvalue weighted by Crippen LogP contribution is 2.48. The lowest BCUT2D eigenvalue weighted by molar-refractivity contribution is 0.0599. The van der Waals surface area contributed by atoms with Gasteiger partial charge < -0.3 is 10.1 Å². The minimum Gasteiger partial charge on any atom is -0.465 e. The zero-order valence-electron chi connectivity index (χ0n) is 12.2. The summed E-state index contributed by atoms with van der Waals surface area (Å²) in [6, 6.07) is 3.66. The Morgan fingerprint density at radius 1 is 1.40 bits per heavy atom. The third kappa shape index (κ3) is 2.51. The lowest BCUT2D eigenvalue weighted by atomic mass is 9.89. The average Bonchev–Trinajstić information content (AvgIpc) is 3.07. The van der Waals surface area contributed by atoms with Crippen molar-refractivity contribution in [2.75, 3.05) is 19.0 Å². The highest BCUT2D eigenvalue weighted by molar-refractivity contribution is 5.90. The topological polar surface area (TPSA) is 51.2 Å². The van der Waals surface area contributed by atoms with Crippen LogP contribution >= 0.6 is 0 Å². The van der Waals surface area contributed by atoms with Crippen molar-refractivity contribution in [3.8, 4) is 0 Å². The van der Waals surface area contributed by atoms with Crippen molar-refractivity contribution in [1.29, 1.82) is 0 Å². The van der Waals surface area contributed by atoms with Gasteiger partial charge >= 0.3 is 5.97 Å². The molecule has 4 nitrogen and oxygen atoms in total. The molecule has 2 bridgehead atoms. The summed E-state index contributed by atoms with van der Waals surface area (Å²) in [5.41, 5.74) is 1.26. The van der Waals surface area contributed by atoms with Crippen molar-refractivity contribution in [1.82, 2.24) is 4.98 Å². The first-order chi connectivity index (χ1) is 9.67. The number of nitrogens with zero attached hydrogens (tertiary/aromatic N) is 1. The SMILES string of the molecule is COC(=O)c1ccc(NCC2CC3CCC2C3)nc1C. The van der Waals surface area contributed by atoms with E-state index in [4.69, 9.17) is 4.74 Å². The lowest BCUT2D eigenvalue weighted by Crippen LogP contribution is -2.20. The largest absolute Gasteiger partial charge is 0.465 e. The van der Waals surface area contributed by atoms with Crippen molar-refractivity contribution in [3.63, 3.8) is 0 Å². The number of methoxy groups -OCH3 is 1. The molecule has 1 aromatic heterocycles. The van der Waals surface area contributed by atoms with Crippen molar-refractivity contribution in [2.45, 2.75) is 32.6 Å². The number of aryl methyl sites for hydroxylation is 1. The Labute approximate surface area is 119 Å². The molecule has 3 atom stereocenters. The molecule has 1 N–H and O–H groups in total. The van der Waals surface area contributed by atoms with E-state index in [1.807, 2.05) is 13.0 Å². The molecule has 2 saturated carbocycles. The van der Waals surface area contributed by atoms with E-state index < -0.39 is 0 Å². The molecule has 1 heterocycles. The quantitative estimate of drug-likeness (QED) is 0.857. The molecule has 0 radical (unpaired) electrons. The second-order valence-corrected chi connectivity index (χ2v) is 6.14. The molecular formula is C16H22N2O2. The maximum absolute atomic E-state index is 11.5. The van der Waals surface area contributed by atoms with Gasteiger partial charge in [0.05, 0.1) is 18.4 Å². The second-order valence-electron chi connectivity index (χ2n) is 6.14. The van der Waals surface area contributed by atoms with Crippen LogP contribution in [0.2, 0.25) is 0 Å². The second kappa shape index (κ2) is 5.43. The van der Waals surface area contributed by atoms with E-state index >= 15 is 0 Å². The summed E-state index contributed by atoms with van der Waals surface area (Å²) in [5, 5.41) is 3.43. The molecule has 0 aliphatic heterocycles. The Kier molecular flexibility index (Phi) is 3.64. The number of anilines is 1. The van der Waals surface area contributed by atoms with Gasteiger partial charge in [0.25, 0.3) is 0 Å². The number of esters is 1. The Balaban J connectivity index is 1.61. The molecule has 3 rings (SSSR count). The predicted molar refractivity (Wildman–Crippen MR) is 77.7 cm³/mol. The number of nitrogens with one attached hydrogen (secondary N) is 1. The Bertz CT molecular complexity index is 515. The van der Waals surface area contributed by atoms with E-state index in [0.717, 1.165) is 35.8 Å². The van der Waals surface area contributed by atoms with Gasteiger partial charge in [-0.3, -0.25) is 0 Å². The summed E-state index contributed by atoms with van der Waals surface area (Å²) in [5.74, 6) is 3.23. The first-order valence-electron chi connectivity index (χ1n) is 7.47. The minimum atomic E-state index is -0.324. The lowest BCUT2D eigenvalue weighted by Gasteiger charge is -2.22. The number of hydrogen-bond donors (Lipinski definition) is 1. The number of hydrogen-bond acceptors (Lipinski definition) is 4. The highest BCUT2D eigenvalue weighted by atomic mass is 16.5. The van der Waals surface area contributed by atoms with E-state index in [0.29, 0.717) is 5.56 Å². The molecule has 0 aromatic carbocycles. The van der Waals surface area contributed by atoms with Crippen LogP contribution in [-0.4, -0.2) is 24.6 Å². The summed E-state index contributed by atoms with van der Waals surface area (Å²) in [7, 11) is 1.39. The van der Waals surface area contributed by atoms with Crippen LogP contribution in [0.5, 0.6) is 0 Å². The van der Waals surface area contributed by atoms with Crippen LogP contribution in [0.15, 0.2) is 12.1 Å². The van der Waals surface area contributed by atoms with Gasteiger partial charge in [0, 0.05) is 6.54 Å². The van der Waals surface area contributed by atoms with Crippen LogP contribution in [0.1, 0.15) is 41.7 Å². The molecule has 0 saturated heterocycles. The minimum absolute atomic E-state index is 0.324. The molecule has 2 fully saturated rings. The number of carbonyl (C=O) groups is 1. The zero-order chi connectivity index (χ0) is 14.1. The third-order valence-corrected chi connectivity index (χ3v) is 4.92. The number of fused-ring (bicyclic) bond motifs is 2. The molecular weight excluding hydrogens is 252 g/mol. The summed E-state index contributed by atoms with van der Waals surface area (Å²) >= 11 is 0. The summed E-state index contributed by atoms with van der Waals surface area (Å²) in [6.07, 6.45) is 5.65. The van der Waals surface area contributed by atoms with Crippen LogP contribution < -0.4 is 5.32 Å². The fourth-order valence-electron chi connectivity index (χ4n) is 3.85. The average molecular weight is 274 g/mol. The molecule has 0 amide bonds. The molecule has 4 heteroatoms. The standard InChI is InChI=1S/C16H22N2O2/c1-10-14(16(19)20-2)5-6-15(18-10)17-9-13-8-11-3-4-12(13)7-11/h5-6,11-13H,3-4,7-9H2,1-2H3,(H,17,18). The van der Waals surface area contributed by atoms with Crippen LogP contribution in [0.25, 0.3) is 0 Å². The molecule has 108 valence electrons. The molecule has 2 aliphatic rings. The monoisotopic (exact) mass is 274 g/mol. The normalized spacial score (nSPS) is 27.6. The Morgan fingerprint density at radius 2 is 2.25 bits per heavy atom. The molecule has 2 aliphatic carbocycles. The van der Waals surface area contributed by atoms with Crippen molar-refractivity contribution in [2.24, 2.45) is 17.8 Å². The van der Waals surface area contributed by atoms with E-state index in [9.17, 15) is 4.79 Å². The number of rotatable bonds is 4. The zero-order valence-corrected chi connectivity index (χ0v) is 12.2. The van der Waals surface area contributed by atoms with E-state index in [2.05, 4.69) is 10.3 Å². The van der Waals surface area contributed by atoms with Gasteiger partial charge in [-0.05, 0) is 56.1 Å². The molecule has 1 aromatic rings. The predicted octanol–water partition coefficient (Wildman–Crippen LogP) is 3.02. The molecule has 0 spiro atoms. The smallest absolute Gasteiger partial charge is 0.339 e. The van der Waals surface area contributed by atoms with Gasteiger partial charge in [0.1, 0.15) is 5.82 Å². The van der Waals surface area contributed by atoms with Crippen molar-refractivity contribution >= 4 is 11.8 Å². The van der Waals surface area contributed by atoms with Crippen LogP contribution in [0.4, 0.5) is 5.82 Å².